The maximum Gasteiger partial charge on any atom is 0.182 e. The van der Waals surface area contributed by atoms with Gasteiger partial charge in [0.05, 0.1) is 16.3 Å². The Morgan fingerprint density at radius 2 is 2.42 bits per heavy atom. The van der Waals surface area contributed by atoms with Crippen LogP contribution < -0.4 is 0 Å². The Labute approximate surface area is 119 Å². The number of ketones is 1. The number of fused-ring (bicyclic) bond motifs is 1. The largest absolute Gasteiger partial charge is 0.374 e. The van der Waals surface area contributed by atoms with E-state index < -0.39 is 5.92 Å². The first-order chi connectivity index (χ1) is 9.15. The summed E-state index contributed by atoms with van der Waals surface area (Å²) < 4.78 is 5.95. The van der Waals surface area contributed by atoms with Crippen LogP contribution in [0.1, 0.15) is 17.8 Å². The number of halogens is 1. The highest BCUT2D eigenvalue weighted by Crippen LogP contribution is 2.29. The summed E-state index contributed by atoms with van der Waals surface area (Å²) in [6.45, 7) is 2.18. The molecule has 19 heavy (non-hydrogen) atoms. The minimum absolute atomic E-state index is 0.0641. The summed E-state index contributed by atoms with van der Waals surface area (Å²) in [5, 5.41) is 10.2. The third-order valence-electron chi connectivity index (χ3n) is 2.51. The summed E-state index contributed by atoms with van der Waals surface area (Å²) in [4.78, 5) is 16.2. The number of thiazole rings is 1. The van der Waals surface area contributed by atoms with Gasteiger partial charge in [0, 0.05) is 11.6 Å². The van der Waals surface area contributed by atoms with Crippen molar-refractivity contribution >= 4 is 38.9 Å². The van der Waals surface area contributed by atoms with Crippen molar-refractivity contribution < 1.29 is 9.53 Å². The highest BCUT2D eigenvalue weighted by molar-refractivity contribution is 7.18. The molecule has 2 rings (SSSR count). The Bertz CT molecular complexity index is 648. The summed E-state index contributed by atoms with van der Waals surface area (Å²) >= 11 is 7.22. The highest BCUT2D eigenvalue weighted by atomic mass is 35.5. The van der Waals surface area contributed by atoms with Crippen LogP contribution in [0.2, 0.25) is 5.02 Å². The number of nitriles is 1. The van der Waals surface area contributed by atoms with Gasteiger partial charge in [0.25, 0.3) is 0 Å². The Morgan fingerprint density at radius 1 is 1.63 bits per heavy atom. The number of benzene rings is 1. The van der Waals surface area contributed by atoms with Crippen LogP contribution in [-0.4, -0.2) is 24.0 Å². The summed E-state index contributed by atoms with van der Waals surface area (Å²) in [6.07, 6.45) is 0. The molecule has 0 unspecified atom stereocenters. The molecule has 1 aromatic heterocycles. The van der Waals surface area contributed by atoms with Crippen LogP contribution in [0, 0.1) is 11.3 Å². The van der Waals surface area contributed by atoms with E-state index in [9.17, 15) is 4.79 Å². The molecule has 0 N–H and O–H groups in total. The van der Waals surface area contributed by atoms with Crippen molar-refractivity contribution in [1.29, 1.82) is 5.26 Å². The zero-order valence-electron chi connectivity index (χ0n) is 10.2. The lowest BCUT2D eigenvalue weighted by molar-refractivity contribution is -0.123. The van der Waals surface area contributed by atoms with Crippen LogP contribution in [-0.2, 0) is 9.53 Å². The molecule has 0 bridgehead atoms. The summed E-state index contributed by atoms with van der Waals surface area (Å²) in [5.41, 5.74) is 0.706. The lowest BCUT2D eigenvalue weighted by Gasteiger charge is -2.04. The third kappa shape index (κ3) is 3.10. The third-order valence-corrected chi connectivity index (χ3v) is 3.85. The standard InChI is InChI=1S/C13H11ClN2O2S/c1-2-18-7-11(17)9(6-15)13-16-10-5-8(14)3-4-12(10)19-13/h3-5,9H,2,7H2,1H3/t9-/m0/s1. The van der Waals surface area contributed by atoms with Gasteiger partial charge in [0.1, 0.15) is 11.6 Å². The van der Waals surface area contributed by atoms with Gasteiger partial charge in [-0.3, -0.25) is 4.79 Å². The molecule has 4 nitrogen and oxygen atoms in total. The molecule has 1 atom stereocenters. The van der Waals surface area contributed by atoms with Gasteiger partial charge in [0.2, 0.25) is 0 Å². The molecule has 0 aliphatic rings. The second kappa shape index (κ2) is 6.11. The molecule has 0 fully saturated rings. The monoisotopic (exact) mass is 294 g/mol. The number of hydrogen-bond acceptors (Lipinski definition) is 5. The number of aromatic nitrogens is 1. The Hall–Kier alpha value is -1.48. The molecule has 0 spiro atoms. The topological polar surface area (TPSA) is 63.0 Å². The number of nitrogens with zero attached hydrogens (tertiary/aromatic N) is 2. The number of carbonyl (C=O) groups excluding carboxylic acids is 1. The van der Waals surface area contributed by atoms with Crippen LogP contribution in [0.25, 0.3) is 10.2 Å². The van der Waals surface area contributed by atoms with E-state index in [1.165, 1.54) is 11.3 Å². The smallest absolute Gasteiger partial charge is 0.182 e. The predicted molar refractivity (Wildman–Crippen MR) is 74.5 cm³/mol. The van der Waals surface area contributed by atoms with E-state index in [1.54, 1.807) is 19.1 Å². The second-order valence-electron chi connectivity index (χ2n) is 3.83. The minimum Gasteiger partial charge on any atom is -0.374 e. The van der Waals surface area contributed by atoms with Gasteiger partial charge in [-0.05, 0) is 25.1 Å². The van der Waals surface area contributed by atoms with Gasteiger partial charge in [-0.25, -0.2) is 4.98 Å². The second-order valence-corrected chi connectivity index (χ2v) is 5.33. The molecule has 0 aliphatic carbocycles. The number of Topliss-reactive ketones (excluding diaryl/α,β-unsaturated/α-hetero) is 1. The first kappa shape index (κ1) is 13.9. The van der Waals surface area contributed by atoms with Crippen LogP contribution in [0.4, 0.5) is 0 Å². The van der Waals surface area contributed by atoms with E-state index >= 15 is 0 Å². The summed E-state index contributed by atoms with van der Waals surface area (Å²) in [7, 11) is 0. The quantitative estimate of drug-likeness (QED) is 0.850. The Morgan fingerprint density at radius 3 is 3.11 bits per heavy atom. The molecule has 0 saturated heterocycles. The van der Waals surface area contributed by atoms with Crippen LogP contribution in [0.15, 0.2) is 18.2 Å². The van der Waals surface area contributed by atoms with E-state index in [0.717, 1.165) is 4.70 Å². The molecule has 0 aliphatic heterocycles. The normalized spacial score (nSPS) is 12.3. The van der Waals surface area contributed by atoms with Crippen molar-refractivity contribution in [2.45, 2.75) is 12.8 Å². The Kier molecular flexibility index (Phi) is 4.48. The van der Waals surface area contributed by atoms with Gasteiger partial charge in [-0.2, -0.15) is 5.26 Å². The number of carbonyl (C=O) groups is 1. The SMILES string of the molecule is CCOCC(=O)[C@H](C#N)c1nc2cc(Cl)ccc2s1. The number of ether oxygens (including phenoxy) is 1. The molecule has 1 aromatic carbocycles. The van der Waals surface area contributed by atoms with E-state index in [4.69, 9.17) is 21.6 Å². The molecule has 1 heterocycles. The molecule has 0 amide bonds. The van der Waals surface area contributed by atoms with E-state index in [1.807, 2.05) is 12.1 Å². The van der Waals surface area contributed by atoms with Crippen molar-refractivity contribution in [3.8, 4) is 6.07 Å². The van der Waals surface area contributed by atoms with Crippen molar-refractivity contribution in [1.82, 2.24) is 4.98 Å². The van der Waals surface area contributed by atoms with Gasteiger partial charge >= 0.3 is 0 Å². The number of hydrogen-bond donors (Lipinski definition) is 0. The fourth-order valence-corrected chi connectivity index (χ4v) is 2.78. The Balaban J connectivity index is 2.31. The average Bonchev–Trinajstić information content (AvgIpc) is 2.79. The van der Waals surface area contributed by atoms with Gasteiger partial charge in [0.15, 0.2) is 11.7 Å². The lowest BCUT2D eigenvalue weighted by atomic mass is 10.1. The van der Waals surface area contributed by atoms with Crippen LogP contribution >= 0.6 is 22.9 Å². The average molecular weight is 295 g/mol. The lowest BCUT2D eigenvalue weighted by Crippen LogP contribution is -2.16. The molecular weight excluding hydrogens is 284 g/mol. The molecule has 0 saturated carbocycles. The molecule has 6 heteroatoms. The van der Waals surface area contributed by atoms with Crippen molar-refractivity contribution in [2.75, 3.05) is 13.2 Å². The maximum atomic E-state index is 11.9. The predicted octanol–water partition coefficient (Wildman–Crippen LogP) is 3.16. The van der Waals surface area contributed by atoms with E-state index in [-0.39, 0.29) is 12.4 Å². The van der Waals surface area contributed by atoms with Crippen molar-refractivity contribution in [2.24, 2.45) is 0 Å². The first-order valence-electron chi connectivity index (χ1n) is 5.71. The van der Waals surface area contributed by atoms with Gasteiger partial charge in [-0.1, -0.05) is 11.6 Å². The zero-order valence-corrected chi connectivity index (χ0v) is 11.8. The van der Waals surface area contributed by atoms with Crippen molar-refractivity contribution in [3.63, 3.8) is 0 Å². The maximum absolute atomic E-state index is 11.9. The highest BCUT2D eigenvalue weighted by Gasteiger charge is 2.23. The van der Waals surface area contributed by atoms with Gasteiger partial charge < -0.3 is 4.74 Å². The van der Waals surface area contributed by atoms with Crippen LogP contribution in [0.5, 0.6) is 0 Å². The van der Waals surface area contributed by atoms with E-state index in [2.05, 4.69) is 4.98 Å². The molecule has 0 radical (unpaired) electrons. The fourth-order valence-electron chi connectivity index (χ4n) is 1.59. The van der Waals surface area contributed by atoms with Gasteiger partial charge in [-0.15, -0.1) is 11.3 Å². The summed E-state index contributed by atoms with van der Waals surface area (Å²) in [5.74, 6) is -1.14. The first-order valence-corrected chi connectivity index (χ1v) is 6.91. The molecule has 2 aromatic rings. The minimum atomic E-state index is -0.872. The van der Waals surface area contributed by atoms with E-state index in [0.29, 0.717) is 22.2 Å². The molecule has 98 valence electrons. The number of rotatable bonds is 5. The van der Waals surface area contributed by atoms with Crippen LogP contribution in [0.3, 0.4) is 0 Å². The molecular formula is C13H11ClN2O2S. The zero-order chi connectivity index (χ0) is 13.8. The van der Waals surface area contributed by atoms with Crippen molar-refractivity contribution in [3.05, 3.63) is 28.2 Å². The fraction of sp³-hybridized carbons (Fsp3) is 0.308. The summed E-state index contributed by atoms with van der Waals surface area (Å²) in [6, 6.07) is 7.30.